The first kappa shape index (κ1) is 14.1. The van der Waals surface area contributed by atoms with E-state index in [0.717, 1.165) is 11.1 Å². The first-order valence-corrected chi connectivity index (χ1v) is 6.17. The number of hydrogen-bond donors (Lipinski definition) is 1. The van der Waals surface area contributed by atoms with E-state index >= 15 is 0 Å². The predicted molar refractivity (Wildman–Crippen MR) is 67.2 cm³/mol. The second kappa shape index (κ2) is 6.10. The van der Waals surface area contributed by atoms with Gasteiger partial charge in [-0.15, -0.1) is 0 Å². The summed E-state index contributed by atoms with van der Waals surface area (Å²) in [7, 11) is 0. The molecule has 0 aliphatic carbocycles. The van der Waals surface area contributed by atoms with Crippen LogP contribution in [-0.4, -0.2) is 5.92 Å². The Bertz CT molecular complexity index is 331. The van der Waals surface area contributed by atoms with E-state index < -0.39 is 5.92 Å². The molecule has 0 aromatic heterocycles. The molecule has 1 rings (SSSR count). The van der Waals surface area contributed by atoms with Crippen molar-refractivity contribution in [3.05, 3.63) is 35.4 Å². The fraction of sp³-hybridized carbons (Fsp3) is 0.571. The van der Waals surface area contributed by atoms with Crippen LogP contribution in [0.5, 0.6) is 0 Å². The van der Waals surface area contributed by atoms with E-state index in [1.807, 2.05) is 31.2 Å². The van der Waals surface area contributed by atoms with Gasteiger partial charge in [-0.05, 0) is 30.9 Å². The van der Waals surface area contributed by atoms with Crippen LogP contribution in [0, 0.1) is 0 Å². The first-order chi connectivity index (χ1) is 7.94. The van der Waals surface area contributed by atoms with Gasteiger partial charge < -0.3 is 5.73 Å². The Hall–Kier alpha value is -0.960. The molecule has 0 fully saturated rings. The van der Waals surface area contributed by atoms with Crippen LogP contribution in [0.4, 0.5) is 8.78 Å². The number of aryl methyl sites for hydroxylation is 1. The second-order valence-corrected chi connectivity index (χ2v) is 4.59. The van der Waals surface area contributed by atoms with Crippen molar-refractivity contribution in [2.24, 2.45) is 5.73 Å². The second-order valence-electron chi connectivity index (χ2n) is 4.59. The molecule has 96 valence electrons. The third-order valence-corrected chi connectivity index (χ3v) is 3.03. The summed E-state index contributed by atoms with van der Waals surface area (Å²) in [4.78, 5) is 0. The molecule has 0 aliphatic heterocycles. The van der Waals surface area contributed by atoms with Gasteiger partial charge in [-0.3, -0.25) is 0 Å². The van der Waals surface area contributed by atoms with E-state index in [1.54, 1.807) is 0 Å². The molecule has 0 bridgehead atoms. The number of alkyl halides is 2. The molecule has 0 saturated carbocycles. The highest BCUT2D eigenvalue weighted by atomic mass is 19.3. The Morgan fingerprint density at radius 2 is 1.82 bits per heavy atom. The normalized spacial score (nSPS) is 13.7. The van der Waals surface area contributed by atoms with Gasteiger partial charge in [0.25, 0.3) is 0 Å². The van der Waals surface area contributed by atoms with E-state index in [4.69, 9.17) is 5.73 Å². The van der Waals surface area contributed by atoms with E-state index in [2.05, 4.69) is 0 Å². The minimum atomic E-state index is -2.51. The zero-order valence-corrected chi connectivity index (χ0v) is 10.5. The van der Waals surface area contributed by atoms with Crippen molar-refractivity contribution in [3.63, 3.8) is 0 Å². The number of benzene rings is 1. The van der Waals surface area contributed by atoms with Crippen molar-refractivity contribution in [3.8, 4) is 0 Å². The highest BCUT2D eigenvalue weighted by molar-refractivity contribution is 5.24. The number of rotatable bonds is 6. The Balaban J connectivity index is 2.42. The molecular formula is C14H21F2N. The van der Waals surface area contributed by atoms with Crippen LogP contribution in [0.25, 0.3) is 0 Å². The lowest BCUT2D eigenvalue weighted by Gasteiger charge is -2.13. The van der Waals surface area contributed by atoms with Crippen molar-refractivity contribution in [2.45, 2.75) is 51.5 Å². The molecule has 2 N–H and O–H groups in total. The Morgan fingerprint density at radius 1 is 1.24 bits per heavy atom. The molecule has 0 amide bonds. The topological polar surface area (TPSA) is 26.0 Å². The molecule has 1 atom stereocenters. The van der Waals surface area contributed by atoms with Crippen LogP contribution < -0.4 is 5.73 Å². The predicted octanol–water partition coefficient (Wildman–Crippen LogP) is 4.07. The van der Waals surface area contributed by atoms with Crippen LogP contribution in [0.1, 0.15) is 50.3 Å². The molecule has 0 spiro atoms. The Labute approximate surface area is 102 Å². The van der Waals surface area contributed by atoms with Crippen molar-refractivity contribution in [1.82, 2.24) is 0 Å². The minimum Gasteiger partial charge on any atom is -0.324 e. The molecule has 17 heavy (non-hydrogen) atoms. The number of hydrogen-bond acceptors (Lipinski definition) is 1. The lowest BCUT2D eigenvalue weighted by molar-refractivity contribution is -0.0130. The van der Waals surface area contributed by atoms with Crippen molar-refractivity contribution < 1.29 is 8.78 Å². The van der Waals surface area contributed by atoms with Gasteiger partial charge >= 0.3 is 0 Å². The zero-order valence-electron chi connectivity index (χ0n) is 10.5. The summed E-state index contributed by atoms with van der Waals surface area (Å²) in [5.74, 6) is -2.51. The van der Waals surface area contributed by atoms with Crippen LogP contribution in [-0.2, 0) is 6.42 Å². The maximum Gasteiger partial charge on any atom is 0.247 e. The molecule has 0 heterocycles. The summed E-state index contributed by atoms with van der Waals surface area (Å²) >= 11 is 0. The average molecular weight is 241 g/mol. The largest absolute Gasteiger partial charge is 0.324 e. The summed E-state index contributed by atoms with van der Waals surface area (Å²) in [5, 5.41) is 0. The SMILES string of the molecule is CCC(F)(F)CCCc1ccc(C(C)N)cc1. The maximum absolute atomic E-state index is 13.0. The van der Waals surface area contributed by atoms with Crippen LogP contribution in [0.2, 0.25) is 0 Å². The van der Waals surface area contributed by atoms with Crippen LogP contribution in [0.15, 0.2) is 24.3 Å². The maximum atomic E-state index is 13.0. The molecule has 0 saturated heterocycles. The van der Waals surface area contributed by atoms with Gasteiger partial charge in [0.1, 0.15) is 0 Å². The average Bonchev–Trinajstić information content (AvgIpc) is 2.29. The third kappa shape index (κ3) is 4.82. The standard InChI is InChI=1S/C14H21F2N/c1-3-14(15,16)10-4-5-12-6-8-13(9-7-12)11(2)17/h6-9,11H,3-5,10,17H2,1-2H3. The first-order valence-electron chi connectivity index (χ1n) is 6.17. The van der Waals surface area contributed by atoms with Gasteiger partial charge in [-0.2, -0.15) is 0 Å². The van der Waals surface area contributed by atoms with Crippen molar-refractivity contribution >= 4 is 0 Å². The number of nitrogens with two attached hydrogens (primary N) is 1. The lowest BCUT2D eigenvalue weighted by Crippen LogP contribution is -2.14. The molecule has 1 unspecified atom stereocenters. The smallest absolute Gasteiger partial charge is 0.247 e. The summed E-state index contributed by atoms with van der Waals surface area (Å²) in [6.07, 6.45) is 1.13. The van der Waals surface area contributed by atoms with Gasteiger partial charge in [-0.1, -0.05) is 31.2 Å². The fourth-order valence-corrected chi connectivity index (χ4v) is 1.72. The molecule has 3 heteroatoms. The Kier molecular flexibility index (Phi) is 5.06. The van der Waals surface area contributed by atoms with Gasteiger partial charge in [-0.25, -0.2) is 8.78 Å². The third-order valence-electron chi connectivity index (χ3n) is 3.03. The van der Waals surface area contributed by atoms with E-state index in [-0.39, 0.29) is 18.9 Å². The highest BCUT2D eigenvalue weighted by Gasteiger charge is 2.24. The quantitative estimate of drug-likeness (QED) is 0.798. The number of halogens is 2. The summed E-state index contributed by atoms with van der Waals surface area (Å²) in [6.45, 7) is 3.45. The Morgan fingerprint density at radius 3 is 2.29 bits per heavy atom. The van der Waals surface area contributed by atoms with E-state index in [0.29, 0.717) is 12.8 Å². The molecule has 1 aromatic carbocycles. The van der Waals surface area contributed by atoms with Crippen molar-refractivity contribution in [1.29, 1.82) is 0 Å². The molecule has 0 aliphatic rings. The van der Waals surface area contributed by atoms with Crippen LogP contribution >= 0.6 is 0 Å². The van der Waals surface area contributed by atoms with E-state index in [9.17, 15) is 8.78 Å². The van der Waals surface area contributed by atoms with Gasteiger partial charge in [0.05, 0.1) is 0 Å². The highest BCUT2D eigenvalue weighted by Crippen LogP contribution is 2.25. The fourth-order valence-electron chi connectivity index (χ4n) is 1.72. The summed E-state index contributed by atoms with van der Waals surface area (Å²) in [5.41, 5.74) is 7.91. The molecular weight excluding hydrogens is 220 g/mol. The lowest BCUT2D eigenvalue weighted by atomic mass is 10.0. The minimum absolute atomic E-state index is 0.0217. The van der Waals surface area contributed by atoms with Crippen LogP contribution in [0.3, 0.4) is 0 Å². The molecule has 0 radical (unpaired) electrons. The van der Waals surface area contributed by atoms with E-state index in [1.165, 1.54) is 6.92 Å². The molecule has 1 aromatic rings. The monoisotopic (exact) mass is 241 g/mol. The van der Waals surface area contributed by atoms with Gasteiger partial charge in [0.2, 0.25) is 5.92 Å². The zero-order chi connectivity index (χ0) is 12.9. The summed E-state index contributed by atoms with van der Waals surface area (Å²) in [6, 6.07) is 7.91. The van der Waals surface area contributed by atoms with Gasteiger partial charge in [0, 0.05) is 18.9 Å². The van der Waals surface area contributed by atoms with Crippen molar-refractivity contribution in [2.75, 3.05) is 0 Å². The molecule has 1 nitrogen and oxygen atoms in total. The summed E-state index contributed by atoms with van der Waals surface area (Å²) < 4.78 is 26.0. The van der Waals surface area contributed by atoms with Gasteiger partial charge in [0.15, 0.2) is 0 Å².